The molecular formula is C18H27N3O2. The largest absolute Gasteiger partial charge is 0.350 e. The van der Waals surface area contributed by atoms with E-state index in [1.807, 2.05) is 39.0 Å². The Morgan fingerprint density at radius 3 is 2.39 bits per heavy atom. The van der Waals surface area contributed by atoms with E-state index in [2.05, 4.69) is 10.6 Å². The zero-order valence-electron chi connectivity index (χ0n) is 14.1. The number of carbonyl (C=O) groups excluding carboxylic acids is 2. The molecule has 1 aromatic carbocycles. The summed E-state index contributed by atoms with van der Waals surface area (Å²) in [6.07, 6.45) is 2.23. The molecule has 0 aromatic heterocycles. The highest BCUT2D eigenvalue weighted by Gasteiger charge is 2.34. The van der Waals surface area contributed by atoms with Gasteiger partial charge in [-0.1, -0.05) is 32.0 Å². The number of benzene rings is 1. The molecule has 4 N–H and O–H groups in total. The highest BCUT2D eigenvalue weighted by atomic mass is 16.2. The van der Waals surface area contributed by atoms with Crippen molar-refractivity contribution in [2.75, 3.05) is 6.54 Å². The first-order valence-corrected chi connectivity index (χ1v) is 8.31. The predicted octanol–water partition coefficient (Wildman–Crippen LogP) is 1.60. The molecule has 1 aliphatic carbocycles. The van der Waals surface area contributed by atoms with Crippen LogP contribution >= 0.6 is 0 Å². The van der Waals surface area contributed by atoms with Gasteiger partial charge in [0.2, 0.25) is 5.91 Å². The van der Waals surface area contributed by atoms with E-state index in [9.17, 15) is 9.59 Å². The minimum atomic E-state index is -0.560. The van der Waals surface area contributed by atoms with Crippen molar-refractivity contribution >= 4 is 11.8 Å². The van der Waals surface area contributed by atoms with E-state index >= 15 is 0 Å². The van der Waals surface area contributed by atoms with Crippen molar-refractivity contribution in [3.63, 3.8) is 0 Å². The van der Waals surface area contributed by atoms with E-state index in [1.165, 1.54) is 0 Å². The number of hydrogen-bond acceptors (Lipinski definition) is 3. The number of nitrogens with one attached hydrogen (secondary N) is 2. The maximum atomic E-state index is 12.6. The summed E-state index contributed by atoms with van der Waals surface area (Å²) in [5.41, 5.74) is 7.24. The third-order valence-electron chi connectivity index (χ3n) is 4.40. The van der Waals surface area contributed by atoms with E-state index in [0.29, 0.717) is 18.0 Å². The molecule has 0 spiro atoms. The summed E-state index contributed by atoms with van der Waals surface area (Å²) >= 11 is 0. The van der Waals surface area contributed by atoms with Crippen LogP contribution in [0.15, 0.2) is 24.3 Å². The van der Waals surface area contributed by atoms with Crippen LogP contribution < -0.4 is 16.4 Å². The van der Waals surface area contributed by atoms with Crippen molar-refractivity contribution in [1.82, 2.24) is 10.6 Å². The molecule has 0 heterocycles. The molecule has 5 heteroatoms. The summed E-state index contributed by atoms with van der Waals surface area (Å²) in [5, 5.41) is 5.87. The van der Waals surface area contributed by atoms with Gasteiger partial charge in [-0.15, -0.1) is 0 Å². The lowest BCUT2D eigenvalue weighted by molar-refractivity contribution is -0.124. The molecule has 1 fully saturated rings. The van der Waals surface area contributed by atoms with Gasteiger partial charge in [0.1, 0.15) is 6.04 Å². The lowest BCUT2D eigenvalue weighted by Gasteiger charge is -2.25. The maximum Gasteiger partial charge on any atom is 0.252 e. The fourth-order valence-electron chi connectivity index (χ4n) is 2.72. The number of amides is 2. The second kappa shape index (κ2) is 7.59. The second-order valence-electron chi connectivity index (χ2n) is 6.70. The quantitative estimate of drug-likeness (QED) is 0.714. The molecule has 23 heavy (non-hydrogen) atoms. The highest BCUT2D eigenvalue weighted by Crippen LogP contribution is 2.32. The van der Waals surface area contributed by atoms with Crippen molar-refractivity contribution in [3.8, 4) is 0 Å². The summed E-state index contributed by atoms with van der Waals surface area (Å²) < 4.78 is 0. The average molecular weight is 317 g/mol. The lowest BCUT2D eigenvalue weighted by atomic mass is 10.0. The van der Waals surface area contributed by atoms with Gasteiger partial charge in [0.25, 0.3) is 5.91 Å². The first kappa shape index (κ1) is 17.5. The Labute approximate surface area is 138 Å². The van der Waals surface area contributed by atoms with Crippen LogP contribution in [0.1, 0.15) is 42.6 Å². The highest BCUT2D eigenvalue weighted by molar-refractivity contribution is 5.98. The van der Waals surface area contributed by atoms with Crippen LogP contribution in [0, 0.1) is 18.8 Å². The van der Waals surface area contributed by atoms with Crippen LogP contribution in [0.5, 0.6) is 0 Å². The third-order valence-corrected chi connectivity index (χ3v) is 4.40. The number of aryl methyl sites for hydroxylation is 1. The van der Waals surface area contributed by atoms with E-state index < -0.39 is 6.04 Å². The van der Waals surface area contributed by atoms with E-state index in [0.717, 1.165) is 18.4 Å². The number of hydrogen-bond donors (Lipinski definition) is 3. The fourth-order valence-corrected chi connectivity index (χ4v) is 2.72. The monoisotopic (exact) mass is 317 g/mol. The molecule has 2 amide bonds. The molecule has 2 unspecified atom stereocenters. The molecule has 1 aliphatic rings. The molecule has 1 saturated carbocycles. The van der Waals surface area contributed by atoms with Gasteiger partial charge in [-0.2, -0.15) is 0 Å². The van der Waals surface area contributed by atoms with Gasteiger partial charge in [-0.3, -0.25) is 9.59 Å². The summed E-state index contributed by atoms with van der Waals surface area (Å²) in [6.45, 7) is 6.18. The molecule has 1 aromatic rings. The SMILES string of the molecule is Cc1ccccc1C(=O)NC(C(=O)NC(CN)C1CC1)C(C)C. The molecular weight excluding hydrogens is 290 g/mol. The normalized spacial score (nSPS) is 16.7. The summed E-state index contributed by atoms with van der Waals surface area (Å²) in [5.74, 6) is 0.126. The third kappa shape index (κ3) is 4.55. The summed E-state index contributed by atoms with van der Waals surface area (Å²) in [6, 6.07) is 6.82. The minimum Gasteiger partial charge on any atom is -0.350 e. The molecule has 126 valence electrons. The molecule has 5 nitrogen and oxygen atoms in total. The van der Waals surface area contributed by atoms with Crippen LogP contribution in [-0.4, -0.2) is 30.4 Å². The van der Waals surface area contributed by atoms with E-state index in [4.69, 9.17) is 5.73 Å². The first-order chi connectivity index (χ1) is 10.9. The van der Waals surface area contributed by atoms with Gasteiger partial charge in [0.15, 0.2) is 0 Å². The number of carbonyl (C=O) groups is 2. The standard InChI is InChI=1S/C18H27N3O2/c1-11(2)16(18(23)20-15(10-19)13-8-9-13)21-17(22)14-7-5-4-6-12(14)3/h4-7,11,13,15-16H,8-10,19H2,1-3H3,(H,20,23)(H,21,22). The Morgan fingerprint density at radius 2 is 1.87 bits per heavy atom. The second-order valence-corrected chi connectivity index (χ2v) is 6.70. The molecule has 2 rings (SSSR count). The van der Waals surface area contributed by atoms with Crippen molar-refractivity contribution in [3.05, 3.63) is 35.4 Å². The minimum absolute atomic E-state index is 0.000552. The van der Waals surface area contributed by atoms with Crippen LogP contribution in [0.25, 0.3) is 0 Å². The maximum absolute atomic E-state index is 12.6. The average Bonchev–Trinajstić information content (AvgIpc) is 3.34. The van der Waals surface area contributed by atoms with Gasteiger partial charge in [-0.05, 0) is 43.2 Å². The van der Waals surface area contributed by atoms with E-state index in [1.54, 1.807) is 6.07 Å². The first-order valence-electron chi connectivity index (χ1n) is 8.31. The Balaban J connectivity index is 2.04. The number of nitrogens with two attached hydrogens (primary N) is 1. The topological polar surface area (TPSA) is 84.2 Å². The van der Waals surface area contributed by atoms with Crippen molar-refractivity contribution in [1.29, 1.82) is 0 Å². The van der Waals surface area contributed by atoms with Crippen LogP contribution in [-0.2, 0) is 4.79 Å². The molecule has 0 radical (unpaired) electrons. The van der Waals surface area contributed by atoms with Gasteiger partial charge in [0, 0.05) is 18.2 Å². The fraction of sp³-hybridized carbons (Fsp3) is 0.556. The van der Waals surface area contributed by atoms with Crippen LogP contribution in [0.2, 0.25) is 0 Å². The van der Waals surface area contributed by atoms with Crippen LogP contribution in [0.3, 0.4) is 0 Å². The Bertz CT molecular complexity index is 567. The Hall–Kier alpha value is -1.88. The van der Waals surface area contributed by atoms with Crippen molar-refractivity contribution in [2.24, 2.45) is 17.6 Å². The van der Waals surface area contributed by atoms with E-state index in [-0.39, 0.29) is 23.8 Å². The summed E-state index contributed by atoms with van der Waals surface area (Å²) in [7, 11) is 0. The van der Waals surface area contributed by atoms with Gasteiger partial charge < -0.3 is 16.4 Å². The molecule has 0 bridgehead atoms. The van der Waals surface area contributed by atoms with Crippen LogP contribution in [0.4, 0.5) is 0 Å². The zero-order chi connectivity index (χ0) is 17.0. The zero-order valence-corrected chi connectivity index (χ0v) is 14.1. The summed E-state index contributed by atoms with van der Waals surface area (Å²) in [4.78, 5) is 25.0. The Morgan fingerprint density at radius 1 is 1.22 bits per heavy atom. The van der Waals surface area contributed by atoms with Gasteiger partial charge in [-0.25, -0.2) is 0 Å². The molecule has 2 atom stereocenters. The van der Waals surface area contributed by atoms with Crippen molar-refractivity contribution < 1.29 is 9.59 Å². The smallest absolute Gasteiger partial charge is 0.252 e. The predicted molar refractivity (Wildman–Crippen MR) is 91.0 cm³/mol. The van der Waals surface area contributed by atoms with Crippen molar-refractivity contribution in [2.45, 2.75) is 45.7 Å². The Kier molecular flexibility index (Phi) is 5.77. The van der Waals surface area contributed by atoms with Gasteiger partial charge in [0.05, 0.1) is 0 Å². The van der Waals surface area contributed by atoms with Gasteiger partial charge >= 0.3 is 0 Å². The molecule has 0 aliphatic heterocycles. The number of rotatable bonds is 7. The lowest BCUT2D eigenvalue weighted by Crippen LogP contribution is -2.54. The molecule has 0 saturated heterocycles.